The average molecular weight is 395 g/mol. The van der Waals surface area contributed by atoms with Gasteiger partial charge in [0.25, 0.3) is 0 Å². The van der Waals surface area contributed by atoms with Gasteiger partial charge >= 0.3 is 0 Å². The molecular formula is C14H14BrCl2NOS. The molecule has 0 aliphatic rings. The zero-order valence-electron chi connectivity index (χ0n) is 10.9. The minimum absolute atomic E-state index is 0.571. The fraction of sp³-hybridized carbons (Fsp3) is 0.286. The van der Waals surface area contributed by atoms with Crippen LogP contribution in [0.4, 0.5) is 0 Å². The van der Waals surface area contributed by atoms with Gasteiger partial charge in [-0.1, -0.05) is 39.1 Å². The van der Waals surface area contributed by atoms with Gasteiger partial charge in [0.15, 0.2) is 0 Å². The van der Waals surface area contributed by atoms with E-state index >= 15 is 0 Å². The van der Waals surface area contributed by atoms with Crippen LogP contribution in [-0.4, -0.2) is 13.2 Å². The summed E-state index contributed by atoms with van der Waals surface area (Å²) in [6.45, 7) is 4.10. The SMILES string of the molecule is Cc1cc(Br)cc(Cl)c1OCCNCc1ccc(Cl)s1. The number of halogens is 3. The first kappa shape index (κ1) is 16.1. The van der Waals surface area contributed by atoms with Crippen molar-refractivity contribution in [2.24, 2.45) is 0 Å². The maximum atomic E-state index is 6.16. The van der Waals surface area contributed by atoms with Crippen LogP contribution in [0.25, 0.3) is 0 Å². The number of thiophene rings is 1. The third kappa shape index (κ3) is 4.64. The first-order valence-electron chi connectivity index (χ1n) is 6.09. The van der Waals surface area contributed by atoms with E-state index in [1.54, 1.807) is 11.3 Å². The highest BCUT2D eigenvalue weighted by Crippen LogP contribution is 2.31. The van der Waals surface area contributed by atoms with Gasteiger partial charge in [-0.05, 0) is 36.8 Å². The summed E-state index contributed by atoms with van der Waals surface area (Å²) in [7, 11) is 0. The summed E-state index contributed by atoms with van der Waals surface area (Å²) in [5.74, 6) is 0.746. The number of ether oxygens (including phenoxy) is 1. The van der Waals surface area contributed by atoms with Crippen LogP contribution in [0.5, 0.6) is 5.75 Å². The minimum atomic E-state index is 0.571. The zero-order chi connectivity index (χ0) is 14.5. The molecule has 0 aliphatic heterocycles. The van der Waals surface area contributed by atoms with Crippen LogP contribution in [0.2, 0.25) is 9.36 Å². The molecule has 0 saturated carbocycles. The highest BCUT2D eigenvalue weighted by molar-refractivity contribution is 9.10. The van der Waals surface area contributed by atoms with Crippen molar-refractivity contribution >= 4 is 50.5 Å². The lowest BCUT2D eigenvalue weighted by atomic mass is 10.2. The molecule has 2 aromatic rings. The summed E-state index contributed by atoms with van der Waals surface area (Å²) in [6, 6.07) is 7.76. The summed E-state index contributed by atoms with van der Waals surface area (Å²) in [6.07, 6.45) is 0. The van der Waals surface area contributed by atoms with Crippen molar-refractivity contribution in [3.63, 3.8) is 0 Å². The van der Waals surface area contributed by atoms with Gasteiger partial charge < -0.3 is 10.1 Å². The van der Waals surface area contributed by atoms with Crippen LogP contribution >= 0.6 is 50.5 Å². The van der Waals surface area contributed by atoms with Crippen molar-refractivity contribution in [1.29, 1.82) is 0 Å². The van der Waals surface area contributed by atoms with E-state index < -0.39 is 0 Å². The molecule has 0 saturated heterocycles. The van der Waals surface area contributed by atoms with Crippen molar-refractivity contribution < 1.29 is 4.74 Å². The number of rotatable bonds is 6. The summed E-state index contributed by atoms with van der Waals surface area (Å²) in [5.41, 5.74) is 1.02. The normalized spacial score (nSPS) is 10.8. The van der Waals surface area contributed by atoms with E-state index in [1.807, 2.05) is 31.2 Å². The molecule has 0 radical (unpaired) electrons. The van der Waals surface area contributed by atoms with Crippen LogP contribution in [0.15, 0.2) is 28.7 Å². The number of nitrogens with one attached hydrogen (secondary N) is 1. The van der Waals surface area contributed by atoms with E-state index in [4.69, 9.17) is 27.9 Å². The standard InChI is InChI=1S/C14H14BrCl2NOS/c1-9-6-10(15)7-12(16)14(9)19-5-4-18-8-11-2-3-13(17)20-11/h2-3,6-7,18H,4-5,8H2,1H3. The topological polar surface area (TPSA) is 21.3 Å². The molecule has 20 heavy (non-hydrogen) atoms. The van der Waals surface area contributed by atoms with Crippen molar-refractivity contribution in [3.05, 3.63) is 48.5 Å². The molecule has 1 heterocycles. The van der Waals surface area contributed by atoms with Gasteiger partial charge in [0.05, 0.1) is 9.36 Å². The van der Waals surface area contributed by atoms with Crippen molar-refractivity contribution in [3.8, 4) is 5.75 Å². The quantitative estimate of drug-likeness (QED) is 0.671. The van der Waals surface area contributed by atoms with Gasteiger partial charge in [-0.15, -0.1) is 11.3 Å². The maximum absolute atomic E-state index is 6.16. The van der Waals surface area contributed by atoms with Crippen LogP contribution in [-0.2, 0) is 6.54 Å². The molecule has 6 heteroatoms. The molecule has 0 unspecified atom stereocenters. The zero-order valence-corrected chi connectivity index (χ0v) is 14.8. The molecule has 0 bridgehead atoms. The molecule has 1 aromatic carbocycles. The Labute approximate surface area is 141 Å². The van der Waals surface area contributed by atoms with Crippen molar-refractivity contribution in [2.75, 3.05) is 13.2 Å². The van der Waals surface area contributed by atoms with Crippen LogP contribution < -0.4 is 10.1 Å². The van der Waals surface area contributed by atoms with Crippen LogP contribution in [0.3, 0.4) is 0 Å². The van der Waals surface area contributed by atoms with Crippen molar-refractivity contribution in [2.45, 2.75) is 13.5 Å². The first-order chi connectivity index (χ1) is 9.56. The van der Waals surface area contributed by atoms with E-state index in [0.717, 1.165) is 33.2 Å². The molecule has 0 aliphatic carbocycles. The minimum Gasteiger partial charge on any atom is -0.490 e. The maximum Gasteiger partial charge on any atom is 0.140 e. The predicted molar refractivity (Wildman–Crippen MR) is 90.4 cm³/mol. The molecule has 1 N–H and O–H groups in total. The Morgan fingerprint density at radius 3 is 2.75 bits per heavy atom. The lowest BCUT2D eigenvalue weighted by Crippen LogP contribution is -2.20. The smallest absolute Gasteiger partial charge is 0.140 e. The molecular weight excluding hydrogens is 381 g/mol. The van der Waals surface area contributed by atoms with E-state index in [0.29, 0.717) is 11.6 Å². The van der Waals surface area contributed by atoms with Gasteiger partial charge in [-0.2, -0.15) is 0 Å². The third-order valence-corrected chi connectivity index (χ3v) is 4.62. The molecule has 108 valence electrons. The predicted octanol–water partition coefficient (Wildman–Crippen LogP) is 5.29. The Bertz CT molecular complexity index is 565. The molecule has 0 amide bonds. The number of benzene rings is 1. The van der Waals surface area contributed by atoms with Gasteiger partial charge in [0, 0.05) is 22.4 Å². The third-order valence-electron chi connectivity index (χ3n) is 2.65. The van der Waals surface area contributed by atoms with Crippen molar-refractivity contribution in [1.82, 2.24) is 5.32 Å². The number of hydrogen-bond acceptors (Lipinski definition) is 3. The fourth-order valence-electron chi connectivity index (χ4n) is 1.76. The number of aryl methyl sites for hydroxylation is 1. The van der Waals surface area contributed by atoms with E-state index in [1.165, 1.54) is 4.88 Å². The van der Waals surface area contributed by atoms with E-state index in [9.17, 15) is 0 Å². The Balaban J connectivity index is 1.76. The Morgan fingerprint density at radius 1 is 1.30 bits per heavy atom. The van der Waals surface area contributed by atoms with Crippen LogP contribution in [0.1, 0.15) is 10.4 Å². The summed E-state index contributed by atoms with van der Waals surface area (Å²) < 4.78 is 7.50. The van der Waals surface area contributed by atoms with Gasteiger partial charge in [0.2, 0.25) is 0 Å². The lowest BCUT2D eigenvalue weighted by Gasteiger charge is -2.11. The molecule has 2 rings (SSSR count). The highest BCUT2D eigenvalue weighted by atomic mass is 79.9. The second-order valence-electron chi connectivity index (χ2n) is 4.26. The lowest BCUT2D eigenvalue weighted by molar-refractivity contribution is 0.312. The van der Waals surface area contributed by atoms with E-state index in [-0.39, 0.29) is 0 Å². The molecule has 0 spiro atoms. The highest BCUT2D eigenvalue weighted by Gasteiger charge is 2.07. The second-order valence-corrected chi connectivity index (χ2v) is 7.39. The van der Waals surface area contributed by atoms with Gasteiger partial charge in [-0.25, -0.2) is 0 Å². The Kier molecular flexibility index (Phi) is 6.18. The fourth-order valence-corrected chi connectivity index (χ4v) is 3.84. The second kappa shape index (κ2) is 7.66. The molecule has 0 fully saturated rings. The summed E-state index contributed by atoms with van der Waals surface area (Å²) >= 11 is 17.0. The monoisotopic (exact) mass is 393 g/mol. The molecule has 2 nitrogen and oxygen atoms in total. The first-order valence-corrected chi connectivity index (χ1v) is 8.46. The van der Waals surface area contributed by atoms with Crippen LogP contribution in [0, 0.1) is 6.92 Å². The van der Waals surface area contributed by atoms with Gasteiger partial charge in [-0.3, -0.25) is 0 Å². The largest absolute Gasteiger partial charge is 0.490 e. The molecule has 0 atom stereocenters. The van der Waals surface area contributed by atoms with Gasteiger partial charge in [0.1, 0.15) is 12.4 Å². The Morgan fingerprint density at radius 2 is 2.10 bits per heavy atom. The average Bonchev–Trinajstić information content (AvgIpc) is 2.77. The number of hydrogen-bond donors (Lipinski definition) is 1. The summed E-state index contributed by atoms with van der Waals surface area (Å²) in [5, 5.41) is 3.94. The van der Waals surface area contributed by atoms with E-state index in [2.05, 4.69) is 21.2 Å². The summed E-state index contributed by atoms with van der Waals surface area (Å²) in [4.78, 5) is 1.22. The Hall–Kier alpha value is -0.260. The molecule has 1 aromatic heterocycles.